The third-order valence-electron chi connectivity index (χ3n) is 5.92. The Kier molecular flexibility index (Phi) is 6.15. The average molecular weight is 423 g/mol. The highest BCUT2D eigenvalue weighted by atomic mass is 19.1. The number of hydrogen-bond donors (Lipinski definition) is 2. The summed E-state index contributed by atoms with van der Waals surface area (Å²) in [5.74, 6) is -1.03. The number of carbonyl (C=O) groups excluding carboxylic acids is 1. The fourth-order valence-corrected chi connectivity index (χ4v) is 3.85. The van der Waals surface area contributed by atoms with E-state index in [9.17, 15) is 14.3 Å². The normalized spacial score (nSPS) is 18.7. The number of nitrogens with zero attached hydrogens (tertiary/aromatic N) is 2. The van der Waals surface area contributed by atoms with Gasteiger partial charge in [-0.15, -0.1) is 0 Å². The van der Waals surface area contributed by atoms with Crippen LogP contribution in [0.2, 0.25) is 0 Å². The summed E-state index contributed by atoms with van der Waals surface area (Å²) in [5, 5.41) is 17.0. The van der Waals surface area contributed by atoms with Gasteiger partial charge in [0.05, 0.1) is 30.0 Å². The molecule has 2 aromatic carbocycles. The Hall–Kier alpha value is -3.03. The van der Waals surface area contributed by atoms with Gasteiger partial charge in [-0.05, 0) is 73.2 Å². The minimum atomic E-state index is -0.792. The van der Waals surface area contributed by atoms with Crippen molar-refractivity contribution in [1.82, 2.24) is 15.1 Å². The van der Waals surface area contributed by atoms with E-state index in [0.717, 1.165) is 22.4 Å². The molecule has 1 fully saturated rings. The summed E-state index contributed by atoms with van der Waals surface area (Å²) in [6, 6.07) is 11.0. The highest BCUT2D eigenvalue weighted by Gasteiger charge is 2.27. The Morgan fingerprint density at radius 2 is 2.06 bits per heavy atom. The average Bonchev–Trinajstić information content (AvgIpc) is 3.31. The van der Waals surface area contributed by atoms with Crippen LogP contribution >= 0.6 is 0 Å². The molecular formula is C24H26FN3O3. The van der Waals surface area contributed by atoms with Crippen molar-refractivity contribution in [2.45, 2.75) is 38.8 Å². The largest absolute Gasteiger partial charge is 0.389 e. The van der Waals surface area contributed by atoms with E-state index in [1.165, 1.54) is 0 Å². The molecule has 1 aliphatic rings. The van der Waals surface area contributed by atoms with Crippen LogP contribution in [-0.2, 0) is 11.2 Å². The number of amides is 1. The summed E-state index contributed by atoms with van der Waals surface area (Å²) in [5.41, 5.74) is 4.19. The number of halogens is 1. The fourth-order valence-electron chi connectivity index (χ4n) is 3.85. The van der Waals surface area contributed by atoms with E-state index in [1.807, 2.05) is 43.5 Å². The molecule has 4 rings (SSSR count). The number of aliphatic hydroxyl groups excluding tert-OH is 1. The molecule has 1 aromatic heterocycles. The van der Waals surface area contributed by atoms with Crippen molar-refractivity contribution in [1.29, 1.82) is 0 Å². The van der Waals surface area contributed by atoms with E-state index in [4.69, 9.17) is 4.74 Å². The fraction of sp³-hybridized carbons (Fsp3) is 0.333. The topological polar surface area (TPSA) is 76.4 Å². The summed E-state index contributed by atoms with van der Waals surface area (Å²) < 4.78 is 21.9. The molecule has 0 spiro atoms. The van der Waals surface area contributed by atoms with Crippen molar-refractivity contribution in [3.05, 3.63) is 82.4 Å². The third kappa shape index (κ3) is 4.52. The van der Waals surface area contributed by atoms with Gasteiger partial charge in [0.15, 0.2) is 0 Å². The predicted octanol–water partition coefficient (Wildman–Crippen LogP) is 3.10. The maximum absolute atomic E-state index is 14.9. The van der Waals surface area contributed by atoms with Crippen LogP contribution in [0.15, 0.2) is 48.8 Å². The quantitative estimate of drug-likeness (QED) is 0.661. The first-order valence-corrected chi connectivity index (χ1v) is 10.4. The zero-order valence-electron chi connectivity index (χ0n) is 17.6. The first-order chi connectivity index (χ1) is 14.9. The number of hydrogen-bond acceptors (Lipinski definition) is 4. The van der Waals surface area contributed by atoms with Crippen LogP contribution in [0, 0.1) is 19.7 Å². The van der Waals surface area contributed by atoms with Gasteiger partial charge in [0.2, 0.25) is 0 Å². The molecule has 2 atom stereocenters. The van der Waals surface area contributed by atoms with Gasteiger partial charge in [0.1, 0.15) is 5.82 Å². The Morgan fingerprint density at radius 3 is 2.74 bits per heavy atom. The Balaban J connectivity index is 1.56. The smallest absolute Gasteiger partial charge is 0.254 e. The van der Waals surface area contributed by atoms with E-state index >= 15 is 0 Å². The molecule has 7 heteroatoms. The van der Waals surface area contributed by atoms with Crippen LogP contribution in [0.5, 0.6) is 0 Å². The summed E-state index contributed by atoms with van der Waals surface area (Å²) in [7, 11) is 0. The van der Waals surface area contributed by atoms with Gasteiger partial charge in [0, 0.05) is 19.0 Å². The SMILES string of the molecule is Cc1c(Cc2ccc(-n3cccn3)cc2)cc(C(=O)N[C@H]2CCOC[C@@H]2O)c(F)c1C. The molecule has 2 heterocycles. The van der Waals surface area contributed by atoms with Crippen molar-refractivity contribution >= 4 is 5.91 Å². The lowest BCUT2D eigenvalue weighted by atomic mass is 9.93. The predicted molar refractivity (Wildman–Crippen MR) is 115 cm³/mol. The maximum Gasteiger partial charge on any atom is 0.254 e. The molecule has 0 unspecified atom stereocenters. The number of aromatic nitrogens is 2. The number of rotatable bonds is 5. The van der Waals surface area contributed by atoms with Crippen LogP contribution in [0.1, 0.15) is 39.0 Å². The molecule has 2 N–H and O–H groups in total. The van der Waals surface area contributed by atoms with Crippen LogP contribution in [0.25, 0.3) is 5.69 Å². The summed E-state index contributed by atoms with van der Waals surface area (Å²) >= 11 is 0. The Labute approximate surface area is 180 Å². The van der Waals surface area contributed by atoms with E-state index in [0.29, 0.717) is 25.0 Å². The van der Waals surface area contributed by atoms with E-state index in [2.05, 4.69) is 10.4 Å². The van der Waals surface area contributed by atoms with Gasteiger partial charge >= 0.3 is 0 Å². The van der Waals surface area contributed by atoms with Gasteiger partial charge in [0.25, 0.3) is 5.91 Å². The molecule has 3 aromatic rings. The van der Waals surface area contributed by atoms with E-state index in [1.54, 1.807) is 23.9 Å². The second kappa shape index (κ2) is 8.99. The number of ether oxygens (including phenoxy) is 1. The molecule has 1 saturated heterocycles. The molecule has 1 aliphatic heterocycles. The molecule has 162 valence electrons. The van der Waals surface area contributed by atoms with Gasteiger partial charge in [-0.1, -0.05) is 12.1 Å². The molecule has 31 heavy (non-hydrogen) atoms. The number of aliphatic hydroxyl groups is 1. The molecule has 0 aliphatic carbocycles. The maximum atomic E-state index is 14.9. The standard InChI is InChI=1S/C24H26FN3O3/c1-15-16(2)23(25)20(24(30)27-21-8-11-31-14-22(21)29)13-18(15)12-17-4-6-19(7-5-17)28-10-3-9-26-28/h3-7,9-10,13,21-22,29H,8,11-12,14H2,1-2H3,(H,27,30)/t21-,22-/m0/s1. The van der Waals surface area contributed by atoms with Crippen LogP contribution in [0.4, 0.5) is 4.39 Å². The Bertz CT molecular complexity index is 1060. The van der Waals surface area contributed by atoms with Crippen molar-refractivity contribution in [2.24, 2.45) is 0 Å². The van der Waals surface area contributed by atoms with Crippen LogP contribution in [-0.4, -0.2) is 46.2 Å². The summed E-state index contributed by atoms with van der Waals surface area (Å²) in [4.78, 5) is 12.8. The van der Waals surface area contributed by atoms with Crippen LogP contribution in [0.3, 0.4) is 0 Å². The monoisotopic (exact) mass is 423 g/mol. The minimum absolute atomic E-state index is 0.00459. The molecule has 0 saturated carbocycles. The Morgan fingerprint density at radius 1 is 1.29 bits per heavy atom. The van der Waals surface area contributed by atoms with Crippen molar-refractivity contribution < 1.29 is 19.0 Å². The highest BCUT2D eigenvalue weighted by Crippen LogP contribution is 2.24. The molecular weight excluding hydrogens is 397 g/mol. The van der Waals surface area contributed by atoms with Gasteiger partial charge in [-0.3, -0.25) is 4.79 Å². The third-order valence-corrected chi connectivity index (χ3v) is 5.92. The first kappa shape index (κ1) is 21.2. The zero-order valence-corrected chi connectivity index (χ0v) is 17.6. The first-order valence-electron chi connectivity index (χ1n) is 10.4. The van der Waals surface area contributed by atoms with Crippen LogP contribution < -0.4 is 5.32 Å². The zero-order chi connectivity index (χ0) is 22.0. The molecule has 1 amide bonds. The van der Waals surface area contributed by atoms with E-state index in [-0.39, 0.29) is 12.2 Å². The van der Waals surface area contributed by atoms with Crippen molar-refractivity contribution in [3.8, 4) is 5.69 Å². The summed E-state index contributed by atoms with van der Waals surface area (Å²) in [6.07, 6.45) is 3.88. The lowest BCUT2D eigenvalue weighted by molar-refractivity contribution is -0.0261. The highest BCUT2D eigenvalue weighted by molar-refractivity contribution is 5.95. The minimum Gasteiger partial charge on any atom is -0.389 e. The molecule has 0 radical (unpaired) electrons. The van der Waals surface area contributed by atoms with Gasteiger partial charge in [-0.2, -0.15) is 5.10 Å². The van der Waals surface area contributed by atoms with Crippen molar-refractivity contribution in [2.75, 3.05) is 13.2 Å². The second-order valence-electron chi connectivity index (χ2n) is 7.95. The molecule has 0 bridgehead atoms. The lowest BCUT2D eigenvalue weighted by Gasteiger charge is -2.28. The number of carbonyl (C=O) groups is 1. The number of nitrogens with one attached hydrogen (secondary N) is 1. The second-order valence-corrected chi connectivity index (χ2v) is 7.95. The van der Waals surface area contributed by atoms with Gasteiger partial charge in [-0.25, -0.2) is 9.07 Å². The number of benzene rings is 2. The molecule has 6 nitrogen and oxygen atoms in total. The van der Waals surface area contributed by atoms with Gasteiger partial charge < -0.3 is 15.2 Å². The van der Waals surface area contributed by atoms with E-state index < -0.39 is 23.9 Å². The summed E-state index contributed by atoms with van der Waals surface area (Å²) in [6.45, 7) is 4.18. The van der Waals surface area contributed by atoms with Crippen molar-refractivity contribution in [3.63, 3.8) is 0 Å². The lowest BCUT2D eigenvalue weighted by Crippen LogP contribution is -2.48.